The van der Waals surface area contributed by atoms with E-state index < -0.39 is 41.5 Å². The highest BCUT2D eigenvalue weighted by Gasteiger charge is 2.58. The first kappa shape index (κ1) is 23.5. The van der Waals surface area contributed by atoms with E-state index in [-0.39, 0.29) is 58.2 Å². The van der Waals surface area contributed by atoms with Crippen LogP contribution in [0.15, 0.2) is 46.6 Å². The van der Waals surface area contributed by atoms with Crippen LogP contribution in [0.5, 0.6) is 17.2 Å². The Morgan fingerprint density at radius 2 is 1.81 bits per heavy atom. The van der Waals surface area contributed by atoms with Gasteiger partial charge in [-0.3, -0.25) is 19.2 Å². The first-order valence-corrected chi connectivity index (χ1v) is 11.4. The Balaban J connectivity index is 1.75. The van der Waals surface area contributed by atoms with Crippen molar-refractivity contribution in [1.82, 2.24) is 4.90 Å². The molecule has 10 heteroatoms. The molecule has 0 bridgehead atoms. The van der Waals surface area contributed by atoms with Gasteiger partial charge in [0.25, 0.3) is 0 Å². The number of fused-ring (bicyclic) bond motifs is 3. The van der Waals surface area contributed by atoms with Crippen LogP contribution in [-0.4, -0.2) is 53.6 Å². The summed E-state index contributed by atoms with van der Waals surface area (Å²) < 4.78 is 10.8. The number of imide groups is 3. The van der Waals surface area contributed by atoms with E-state index in [0.29, 0.717) is 16.2 Å². The van der Waals surface area contributed by atoms with Gasteiger partial charge in [-0.1, -0.05) is 11.6 Å². The number of primary amides is 1. The first-order chi connectivity index (χ1) is 17.1. The molecule has 1 aliphatic heterocycles. The van der Waals surface area contributed by atoms with E-state index in [1.807, 2.05) is 0 Å². The van der Waals surface area contributed by atoms with Crippen molar-refractivity contribution in [1.29, 1.82) is 0 Å². The summed E-state index contributed by atoms with van der Waals surface area (Å²) in [6.45, 7) is 1.54. The monoisotopic (exact) mass is 492 g/mol. The number of nitrogens with two attached hydrogens (primary N) is 1. The lowest BCUT2D eigenvalue weighted by atomic mass is 9.59. The van der Waals surface area contributed by atoms with Gasteiger partial charge in [0.2, 0.25) is 11.8 Å². The Bertz CT molecular complexity index is 1370. The molecular weight excluding hydrogens is 468 g/mol. The molecule has 10 nitrogen and oxygen atoms in total. The summed E-state index contributed by atoms with van der Waals surface area (Å²) >= 11 is 0. The quantitative estimate of drug-likeness (QED) is 0.369. The molecular formula is C26H24N2O8. The van der Waals surface area contributed by atoms with Crippen LogP contribution >= 0.6 is 0 Å². The second kappa shape index (κ2) is 8.18. The number of Topliss-reactive ketones (excluding diaryl/α,β-unsaturated/α-hetero) is 1. The van der Waals surface area contributed by atoms with Crippen molar-refractivity contribution in [3.8, 4) is 17.2 Å². The number of ether oxygens (including phenoxy) is 2. The number of nitrogens with zero attached hydrogens (tertiary/aromatic N) is 1. The maximum atomic E-state index is 13.3. The second-order valence-corrected chi connectivity index (χ2v) is 9.34. The molecule has 36 heavy (non-hydrogen) atoms. The third kappa shape index (κ3) is 3.13. The van der Waals surface area contributed by atoms with Gasteiger partial charge in [-0.25, -0.2) is 4.79 Å². The second-order valence-electron chi connectivity index (χ2n) is 9.34. The molecule has 0 spiro atoms. The number of phenolic OH excluding ortho intramolecular Hbond substituents is 1. The summed E-state index contributed by atoms with van der Waals surface area (Å²) in [5.41, 5.74) is 6.86. The maximum Gasteiger partial charge on any atom is 0.328 e. The number of urea groups is 1. The van der Waals surface area contributed by atoms with Crippen LogP contribution in [0, 0.1) is 17.8 Å². The Hall–Kier alpha value is -4.21. The van der Waals surface area contributed by atoms with Gasteiger partial charge < -0.3 is 20.3 Å². The van der Waals surface area contributed by atoms with Crippen LogP contribution in [0.3, 0.4) is 0 Å². The number of benzene rings is 1. The van der Waals surface area contributed by atoms with Gasteiger partial charge in [0.05, 0.1) is 26.1 Å². The fraction of sp³-hybridized carbons (Fsp3) is 0.346. The number of phenols is 1. The van der Waals surface area contributed by atoms with Crippen molar-refractivity contribution in [2.45, 2.75) is 25.7 Å². The molecule has 3 N–H and O–H groups in total. The zero-order chi connectivity index (χ0) is 26.0. The number of methoxy groups -OCH3 is 2. The highest BCUT2D eigenvalue weighted by Crippen LogP contribution is 2.57. The minimum Gasteiger partial charge on any atom is -0.507 e. The van der Waals surface area contributed by atoms with Crippen molar-refractivity contribution in [2.75, 3.05) is 14.2 Å². The van der Waals surface area contributed by atoms with Crippen molar-refractivity contribution < 1.29 is 38.6 Å². The predicted molar refractivity (Wildman–Crippen MR) is 124 cm³/mol. The molecule has 4 amide bonds. The number of carbonyl (C=O) groups excluding carboxylic acids is 5. The Morgan fingerprint density at radius 1 is 1.08 bits per heavy atom. The molecule has 0 saturated carbocycles. The van der Waals surface area contributed by atoms with Gasteiger partial charge in [-0.05, 0) is 31.8 Å². The summed E-state index contributed by atoms with van der Waals surface area (Å²) in [5.74, 6) is -5.08. The van der Waals surface area contributed by atoms with Gasteiger partial charge in [0.1, 0.15) is 17.2 Å². The van der Waals surface area contributed by atoms with Gasteiger partial charge in [0.15, 0.2) is 11.6 Å². The smallest absolute Gasteiger partial charge is 0.328 e. The lowest BCUT2D eigenvalue weighted by Gasteiger charge is -2.42. The number of allylic oxidation sites excluding steroid dienone is 6. The van der Waals surface area contributed by atoms with E-state index in [1.54, 1.807) is 19.1 Å². The Kier molecular flexibility index (Phi) is 5.35. The minimum atomic E-state index is -1.15. The Morgan fingerprint density at radius 3 is 2.44 bits per heavy atom. The highest BCUT2D eigenvalue weighted by molar-refractivity contribution is 6.24. The van der Waals surface area contributed by atoms with Crippen molar-refractivity contribution in [3.05, 3.63) is 52.1 Å². The van der Waals surface area contributed by atoms with E-state index in [9.17, 15) is 29.1 Å². The van der Waals surface area contributed by atoms with Crippen molar-refractivity contribution in [2.24, 2.45) is 23.5 Å². The van der Waals surface area contributed by atoms with Gasteiger partial charge in [-0.15, -0.1) is 0 Å². The zero-order valence-corrected chi connectivity index (χ0v) is 19.9. The largest absolute Gasteiger partial charge is 0.507 e. The summed E-state index contributed by atoms with van der Waals surface area (Å²) in [4.78, 5) is 65.0. The van der Waals surface area contributed by atoms with E-state index in [4.69, 9.17) is 15.2 Å². The molecule has 4 unspecified atom stereocenters. The summed E-state index contributed by atoms with van der Waals surface area (Å²) in [7, 11) is 2.83. The number of amides is 4. The highest BCUT2D eigenvalue weighted by atomic mass is 16.5. The molecule has 1 aromatic carbocycles. The van der Waals surface area contributed by atoms with E-state index >= 15 is 0 Å². The van der Waals surface area contributed by atoms with Crippen LogP contribution in [0.1, 0.15) is 31.2 Å². The number of carbonyl (C=O) groups is 5. The number of likely N-dealkylation sites (tertiary alicyclic amines) is 1. The van der Waals surface area contributed by atoms with Crippen molar-refractivity contribution in [3.63, 3.8) is 0 Å². The molecule has 1 heterocycles. The summed E-state index contributed by atoms with van der Waals surface area (Å²) in [6.07, 6.45) is 3.22. The molecule has 1 aromatic rings. The molecule has 0 radical (unpaired) electrons. The van der Waals surface area contributed by atoms with Gasteiger partial charge >= 0.3 is 6.03 Å². The molecule has 0 aromatic heterocycles. The fourth-order valence-electron chi connectivity index (χ4n) is 6.09. The lowest BCUT2D eigenvalue weighted by molar-refractivity contribution is -0.136. The van der Waals surface area contributed by atoms with Crippen LogP contribution in [0.2, 0.25) is 0 Å². The molecule has 186 valence electrons. The predicted octanol–water partition coefficient (Wildman–Crippen LogP) is 1.92. The third-order valence-electron chi connectivity index (χ3n) is 7.62. The number of hydrogen-bond donors (Lipinski definition) is 2. The van der Waals surface area contributed by atoms with Crippen LogP contribution < -0.4 is 15.2 Å². The topological polar surface area (TPSA) is 153 Å². The maximum absolute atomic E-state index is 13.3. The molecule has 4 aliphatic rings. The van der Waals surface area contributed by atoms with E-state index in [2.05, 4.69) is 0 Å². The number of rotatable bonds is 3. The average Bonchev–Trinajstić information content (AvgIpc) is 3.10. The number of aromatic hydroxyl groups is 1. The fourth-order valence-corrected chi connectivity index (χ4v) is 6.09. The molecule has 1 saturated heterocycles. The van der Waals surface area contributed by atoms with Gasteiger partial charge in [0, 0.05) is 40.3 Å². The lowest BCUT2D eigenvalue weighted by Crippen LogP contribution is -2.42. The zero-order valence-electron chi connectivity index (χ0n) is 19.9. The third-order valence-corrected chi connectivity index (χ3v) is 7.62. The molecule has 4 atom stereocenters. The molecule has 3 aliphatic carbocycles. The van der Waals surface area contributed by atoms with E-state index in [0.717, 1.165) is 0 Å². The number of ketones is 2. The van der Waals surface area contributed by atoms with Crippen LogP contribution in [0.25, 0.3) is 0 Å². The van der Waals surface area contributed by atoms with Gasteiger partial charge in [-0.2, -0.15) is 4.90 Å². The average molecular weight is 492 g/mol. The standard InChI is InChI=1S/C26H24N2O8/c1-10-6-16(29)20-15(23(10)31)9-14-12(4-5-13-19(14)25(33)28(24(13)32)26(27)34)21(20)22-17(30)7-11(35-2)8-18(22)36-3/h4,6-8,13-14,19,21,30H,5,9H2,1-3H3,(H2,27,34). The SMILES string of the molecule is COc1cc(O)c(C2C3=CCC4C(=O)N(C(N)=O)C(=O)C4C3CC3=C2C(=O)C=C(C)C3=O)c(OC)c1. The van der Waals surface area contributed by atoms with E-state index in [1.165, 1.54) is 26.4 Å². The Labute approximate surface area is 206 Å². The van der Waals surface area contributed by atoms with Crippen LogP contribution in [-0.2, 0) is 19.2 Å². The number of hydrogen-bond acceptors (Lipinski definition) is 8. The first-order valence-electron chi connectivity index (χ1n) is 11.4. The normalized spacial score (nSPS) is 27.2. The summed E-state index contributed by atoms with van der Waals surface area (Å²) in [5, 5.41) is 11.1. The summed E-state index contributed by atoms with van der Waals surface area (Å²) in [6, 6.07) is 1.79. The minimum absolute atomic E-state index is 0.0411. The molecule has 1 fully saturated rings. The molecule has 5 rings (SSSR count). The van der Waals surface area contributed by atoms with Crippen molar-refractivity contribution >= 4 is 29.4 Å². The van der Waals surface area contributed by atoms with Crippen LogP contribution in [0.4, 0.5) is 4.79 Å².